The maximum absolute atomic E-state index is 11.9. The first kappa shape index (κ1) is 17.3. The van der Waals surface area contributed by atoms with Crippen molar-refractivity contribution in [2.24, 2.45) is 11.7 Å². The number of amides is 1. The average molecular weight is 317 g/mol. The number of hydrogen-bond acceptors (Lipinski definition) is 2. The normalized spacial score (nSPS) is 15.9. The van der Waals surface area contributed by atoms with E-state index >= 15 is 0 Å². The third-order valence-corrected chi connectivity index (χ3v) is 4.03. The number of carbonyl (C=O) groups is 1. The van der Waals surface area contributed by atoms with Gasteiger partial charge in [0.2, 0.25) is 5.91 Å². The SMILES string of the molecule is Cl.NCCCC(=O)NC(c1ccc(Cl)cc1)C1CCC1. The monoisotopic (exact) mass is 316 g/mol. The van der Waals surface area contributed by atoms with Gasteiger partial charge in [0.25, 0.3) is 0 Å². The van der Waals surface area contributed by atoms with Gasteiger partial charge in [-0.3, -0.25) is 4.79 Å². The van der Waals surface area contributed by atoms with Crippen molar-refractivity contribution in [2.75, 3.05) is 6.54 Å². The first-order valence-corrected chi connectivity index (χ1v) is 7.33. The maximum Gasteiger partial charge on any atom is 0.220 e. The number of nitrogens with two attached hydrogens (primary N) is 1. The molecule has 0 bridgehead atoms. The molecule has 0 saturated heterocycles. The topological polar surface area (TPSA) is 55.1 Å². The van der Waals surface area contributed by atoms with Crippen LogP contribution in [0, 0.1) is 5.92 Å². The van der Waals surface area contributed by atoms with Crippen molar-refractivity contribution in [3.63, 3.8) is 0 Å². The summed E-state index contributed by atoms with van der Waals surface area (Å²) in [6.45, 7) is 0.558. The standard InChI is InChI=1S/C15H21ClN2O.ClH/c16-13-8-6-12(7-9-13)15(11-3-1-4-11)18-14(19)5-2-10-17;/h6-9,11,15H,1-5,10,17H2,(H,18,19);1H. The van der Waals surface area contributed by atoms with E-state index in [1.165, 1.54) is 19.3 Å². The molecular formula is C15H22Cl2N2O. The second-order valence-corrected chi connectivity index (χ2v) is 5.62. The van der Waals surface area contributed by atoms with E-state index in [0.717, 1.165) is 17.0 Å². The third kappa shape index (κ3) is 4.65. The van der Waals surface area contributed by atoms with E-state index < -0.39 is 0 Å². The van der Waals surface area contributed by atoms with Crippen LogP contribution < -0.4 is 11.1 Å². The van der Waals surface area contributed by atoms with Gasteiger partial charge in [0.15, 0.2) is 0 Å². The number of rotatable bonds is 6. The van der Waals surface area contributed by atoms with E-state index in [2.05, 4.69) is 5.32 Å². The molecule has 0 aromatic heterocycles. The Morgan fingerprint density at radius 3 is 2.50 bits per heavy atom. The molecule has 0 aliphatic heterocycles. The molecule has 0 heterocycles. The molecule has 1 aromatic rings. The fourth-order valence-corrected chi connectivity index (χ4v) is 2.55. The van der Waals surface area contributed by atoms with Gasteiger partial charge in [0.1, 0.15) is 0 Å². The summed E-state index contributed by atoms with van der Waals surface area (Å²) in [5.74, 6) is 0.653. The summed E-state index contributed by atoms with van der Waals surface area (Å²) in [6, 6.07) is 7.91. The number of halogens is 2. The molecule has 1 amide bonds. The number of benzene rings is 1. The van der Waals surface area contributed by atoms with Crippen molar-refractivity contribution < 1.29 is 4.79 Å². The zero-order chi connectivity index (χ0) is 13.7. The minimum atomic E-state index is 0. The zero-order valence-corrected chi connectivity index (χ0v) is 13.1. The number of carbonyl (C=O) groups excluding carboxylic acids is 1. The Morgan fingerprint density at radius 1 is 1.35 bits per heavy atom. The van der Waals surface area contributed by atoms with E-state index in [0.29, 0.717) is 18.9 Å². The molecule has 5 heteroatoms. The van der Waals surface area contributed by atoms with Gasteiger partial charge >= 0.3 is 0 Å². The van der Waals surface area contributed by atoms with Crippen LogP contribution in [0.25, 0.3) is 0 Å². The highest BCUT2D eigenvalue weighted by molar-refractivity contribution is 6.30. The van der Waals surface area contributed by atoms with Gasteiger partial charge in [-0.2, -0.15) is 0 Å². The lowest BCUT2D eigenvalue weighted by molar-refractivity contribution is -0.122. The van der Waals surface area contributed by atoms with Crippen molar-refractivity contribution in [3.05, 3.63) is 34.9 Å². The molecule has 1 fully saturated rings. The highest BCUT2D eigenvalue weighted by atomic mass is 35.5. The zero-order valence-electron chi connectivity index (χ0n) is 11.5. The lowest BCUT2D eigenvalue weighted by Gasteiger charge is -2.34. The first-order valence-electron chi connectivity index (χ1n) is 6.95. The van der Waals surface area contributed by atoms with E-state index in [1.807, 2.05) is 24.3 Å². The van der Waals surface area contributed by atoms with Crippen LogP contribution in [-0.4, -0.2) is 12.5 Å². The van der Waals surface area contributed by atoms with Crippen LogP contribution in [0.15, 0.2) is 24.3 Å². The first-order chi connectivity index (χ1) is 9.20. The molecule has 1 aromatic carbocycles. The summed E-state index contributed by atoms with van der Waals surface area (Å²) >= 11 is 5.92. The lowest BCUT2D eigenvalue weighted by atomic mass is 9.77. The van der Waals surface area contributed by atoms with E-state index in [4.69, 9.17) is 17.3 Å². The van der Waals surface area contributed by atoms with E-state index in [1.54, 1.807) is 0 Å². The second kappa shape index (κ2) is 8.50. The predicted octanol–water partition coefficient (Wildman–Crippen LogP) is 3.46. The van der Waals surface area contributed by atoms with Crippen LogP contribution in [0.3, 0.4) is 0 Å². The van der Waals surface area contributed by atoms with Crippen LogP contribution in [0.1, 0.15) is 43.7 Å². The molecule has 0 spiro atoms. The van der Waals surface area contributed by atoms with Crippen LogP contribution in [-0.2, 0) is 4.79 Å². The molecule has 112 valence electrons. The lowest BCUT2D eigenvalue weighted by Crippen LogP contribution is -2.36. The van der Waals surface area contributed by atoms with Crippen molar-refractivity contribution >= 4 is 29.9 Å². The van der Waals surface area contributed by atoms with Crippen molar-refractivity contribution in [2.45, 2.75) is 38.1 Å². The molecule has 1 atom stereocenters. The predicted molar refractivity (Wildman–Crippen MR) is 85.2 cm³/mol. The minimum Gasteiger partial charge on any atom is -0.349 e. The van der Waals surface area contributed by atoms with Gasteiger partial charge in [0.05, 0.1) is 6.04 Å². The third-order valence-electron chi connectivity index (χ3n) is 3.77. The molecule has 1 saturated carbocycles. The molecule has 1 aliphatic carbocycles. The summed E-state index contributed by atoms with van der Waals surface area (Å²) in [6.07, 6.45) is 4.87. The van der Waals surface area contributed by atoms with Gasteiger partial charge in [-0.05, 0) is 49.4 Å². The quantitative estimate of drug-likeness (QED) is 0.844. The average Bonchev–Trinajstić information content (AvgIpc) is 2.34. The van der Waals surface area contributed by atoms with E-state index in [9.17, 15) is 4.79 Å². The van der Waals surface area contributed by atoms with Crippen molar-refractivity contribution in [1.29, 1.82) is 0 Å². The molecule has 3 N–H and O–H groups in total. The van der Waals surface area contributed by atoms with Crippen LogP contribution in [0.4, 0.5) is 0 Å². The number of nitrogens with one attached hydrogen (secondary N) is 1. The van der Waals surface area contributed by atoms with Crippen LogP contribution in [0.2, 0.25) is 5.02 Å². The fourth-order valence-electron chi connectivity index (χ4n) is 2.42. The Bertz CT molecular complexity index is 418. The summed E-state index contributed by atoms with van der Waals surface area (Å²) in [4.78, 5) is 11.9. The molecule has 20 heavy (non-hydrogen) atoms. The van der Waals surface area contributed by atoms with Gasteiger partial charge in [-0.25, -0.2) is 0 Å². The summed E-state index contributed by atoms with van der Waals surface area (Å²) in [7, 11) is 0. The summed E-state index contributed by atoms with van der Waals surface area (Å²) in [5, 5.41) is 3.88. The highest BCUT2D eigenvalue weighted by Gasteiger charge is 2.29. The second-order valence-electron chi connectivity index (χ2n) is 5.18. The highest BCUT2D eigenvalue weighted by Crippen LogP contribution is 2.38. The smallest absolute Gasteiger partial charge is 0.220 e. The Kier molecular flexibility index (Phi) is 7.35. The van der Waals surface area contributed by atoms with Crippen molar-refractivity contribution in [3.8, 4) is 0 Å². The molecule has 0 radical (unpaired) electrons. The van der Waals surface area contributed by atoms with Gasteiger partial charge < -0.3 is 11.1 Å². The maximum atomic E-state index is 11.9. The summed E-state index contributed by atoms with van der Waals surface area (Å²) in [5.41, 5.74) is 6.59. The van der Waals surface area contributed by atoms with Crippen LogP contribution in [0.5, 0.6) is 0 Å². The van der Waals surface area contributed by atoms with Gasteiger partial charge in [-0.15, -0.1) is 12.4 Å². The molecule has 1 aliphatic rings. The Labute approximate surface area is 131 Å². The van der Waals surface area contributed by atoms with Gasteiger partial charge in [0, 0.05) is 11.4 Å². The minimum absolute atomic E-state index is 0. The fraction of sp³-hybridized carbons (Fsp3) is 0.533. The number of hydrogen-bond donors (Lipinski definition) is 2. The molecule has 1 unspecified atom stereocenters. The Morgan fingerprint density at radius 2 is 2.00 bits per heavy atom. The van der Waals surface area contributed by atoms with Crippen molar-refractivity contribution in [1.82, 2.24) is 5.32 Å². The van der Waals surface area contributed by atoms with Gasteiger partial charge in [-0.1, -0.05) is 30.2 Å². The largest absolute Gasteiger partial charge is 0.349 e. The molecular weight excluding hydrogens is 295 g/mol. The molecule has 2 rings (SSSR count). The van der Waals surface area contributed by atoms with Crippen LogP contribution >= 0.6 is 24.0 Å². The van der Waals surface area contributed by atoms with E-state index in [-0.39, 0.29) is 24.4 Å². The summed E-state index contributed by atoms with van der Waals surface area (Å²) < 4.78 is 0. The Hall–Kier alpha value is -0.770. The molecule has 3 nitrogen and oxygen atoms in total. The Balaban J connectivity index is 0.00000200.